The summed E-state index contributed by atoms with van der Waals surface area (Å²) in [6, 6.07) is 18.2. The molecule has 0 saturated carbocycles. The fourth-order valence-corrected chi connectivity index (χ4v) is 2.35. The van der Waals surface area contributed by atoms with Crippen molar-refractivity contribution in [2.75, 3.05) is 5.73 Å². The Morgan fingerprint density at radius 3 is 1.83 bits per heavy atom. The van der Waals surface area contributed by atoms with Crippen molar-refractivity contribution in [2.45, 2.75) is 6.92 Å². The molecule has 0 unspecified atom stereocenters. The van der Waals surface area contributed by atoms with Gasteiger partial charge in [-0.15, -0.1) is 0 Å². The smallest absolute Gasteiger partial charge is 0.335 e. The van der Waals surface area contributed by atoms with Crippen LogP contribution in [0.15, 0.2) is 60.7 Å². The summed E-state index contributed by atoms with van der Waals surface area (Å²) >= 11 is 0. The predicted molar refractivity (Wildman–Crippen MR) is 93.5 cm³/mol. The molecule has 0 bridgehead atoms. The maximum Gasteiger partial charge on any atom is 0.335 e. The first-order valence-corrected chi connectivity index (χ1v) is 7.21. The summed E-state index contributed by atoms with van der Waals surface area (Å²) in [6.45, 7) is 1.48. The van der Waals surface area contributed by atoms with Crippen LogP contribution in [-0.2, 0) is 0 Å². The lowest BCUT2D eigenvalue weighted by atomic mass is 10.0. The van der Waals surface area contributed by atoms with E-state index in [1.54, 1.807) is 0 Å². The van der Waals surface area contributed by atoms with E-state index < -0.39 is 11.9 Å². The number of nitrogens with two attached hydrogens (primary N) is 1. The summed E-state index contributed by atoms with van der Waals surface area (Å²) in [7, 11) is 0. The molecule has 0 aliphatic carbocycles. The van der Waals surface area contributed by atoms with Crippen molar-refractivity contribution >= 4 is 28.4 Å². The predicted octanol–water partition coefficient (Wildman–Crippen LogP) is 3.81. The molecule has 0 aliphatic heterocycles. The van der Waals surface area contributed by atoms with Gasteiger partial charge in [0.05, 0.1) is 11.1 Å². The Hall–Kier alpha value is -3.34. The highest BCUT2D eigenvalue weighted by atomic mass is 16.4. The number of carbonyl (C=O) groups is 2. The van der Waals surface area contributed by atoms with E-state index >= 15 is 0 Å². The Bertz CT molecular complexity index is 865. The summed E-state index contributed by atoms with van der Waals surface area (Å²) < 4.78 is 0. The third-order valence-electron chi connectivity index (χ3n) is 3.62. The zero-order valence-corrected chi connectivity index (χ0v) is 13.1. The normalized spacial score (nSPS) is 9.88. The van der Waals surface area contributed by atoms with Gasteiger partial charge in [-0.25, -0.2) is 9.59 Å². The van der Waals surface area contributed by atoms with Gasteiger partial charge in [-0.2, -0.15) is 0 Å². The van der Waals surface area contributed by atoms with Crippen LogP contribution in [0, 0.1) is 6.92 Å². The number of carboxylic acids is 2. The number of aromatic carboxylic acids is 2. The molecule has 0 saturated heterocycles. The van der Waals surface area contributed by atoms with Crippen LogP contribution < -0.4 is 5.73 Å². The Balaban J connectivity index is 0.000000175. The zero-order chi connectivity index (χ0) is 17.7. The van der Waals surface area contributed by atoms with E-state index in [0.29, 0.717) is 0 Å². The number of hydrogen-bond acceptors (Lipinski definition) is 3. The molecule has 0 amide bonds. The highest BCUT2D eigenvalue weighted by Gasteiger charge is 2.13. The molecule has 3 rings (SSSR count). The fourth-order valence-electron chi connectivity index (χ4n) is 2.35. The van der Waals surface area contributed by atoms with Crippen molar-refractivity contribution in [3.8, 4) is 0 Å². The molecule has 0 atom stereocenters. The molecule has 0 radical (unpaired) electrons. The average Bonchev–Trinajstić information content (AvgIpc) is 2.55. The molecule has 4 N–H and O–H groups in total. The van der Waals surface area contributed by atoms with Gasteiger partial charge >= 0.3 is 11.9 Å². The molecule has 3 aromatic rings. The van der Waals surface area contributed by atoms with Gasteiger partial charge in [0.2, 0.25) is 0 Å². The van der Waals surface area contributed by atoms with E-state index in [1.807, 2.05) is 30.3 Å². The molecule has 0 spiro atoms. The highest BCUT2D eigenvalue weighted by Crippen LogP contribution is 2.19. The van der Waals surface area contributed by atoms with Gasteiger partial charge in [0.15, 0.2) is 0 Å². The molecule has 0 aliphatic rings. The molecule has 0 aromatic heterocycles. The lowest BCUT2D eigenvalue weighted by Gasteiger charge is -2.03. The average molecular weight is 323 g/mol. The van der Waals surface area contributed by atoms with Crippen LogP contribution in [0.3, 0.4) is 0 Å². The van der Waals surface area contributed by atoms with Gasteiger partial charge in [-0.3, -0.25) is 0 Å². The summed E-state index contributed by atoms with van der Waals surface area (Å²) in [4.78, 5) is 21.2. The molecule has 5 nitrogen and oxygen atoms in total. The molecular weight excluding hydrogens is 306 g/mol. The largest absolute Gasteiger partial charge is 0.478 e. The first-order valence-electron chi connectivity index (χ1n) is 7.21. The van der Waals surface area contributed by atoms with Crippen molar-refractivity contribution in [1.29, 1.82) is 0 Å². The summed E-state index contributed by atoms with van der Waals surface area (Å²) in [5, 5.41) is 19.7. The van der Waals surface area contributed by atoms with Crippen molar-refractivity contribution in [1.82, 2.24) is 0 Å². The minimum atomic E-state index is -1.11. The van der Waals surface area contributed by atoms with Gasteiger partial charge in [0.1, 0.15) is 0 Å². The van der Waals surface area contributed by atoms with Gasteiger partial charge in [0, 0.05) is 11.1 Å². The summed E-state index contributed by atoms with van der Waals surface area (Å²) in [5.41, 5.74) is 6.94. The maximum atomic E-state index is 10.6. The number of benzene rings is 3. The standard InChI is InChI=1S/C10H9N.C9H8O4/c11-10-7-3-5-8-4-1-2-6-9(8)10;1-5-6(8(10)11)3-2-4-7(5)9(12)13/h1-7H,11H2;2-4H,1H3,(H,10,11)(H,12,13). The second-order valence-corrected chi connectivity index (χ2v) is 5.16. The van der Waals surface area contributed by atoms with Crippen LogP contribution in [0.1, 0.15) is 26.3 Å². The Kier molecular flexibility index (Phi) is 5.16. The number of anilines is 1. The molecular formula is C19H17NO4. The Morgan fingerprint density at radius 1 is 0.792 bits per heavy atom. The molecule has 122 valence electrons. The first-order chi connectivity index (χ1) is 11.4. The van der Waals surface area contributed by atoms with Crippen LogP contribution in [0.4, 0.5) is 5.69 Å². The number of carboxylic acid groups (broad SMARTS) is 2. The van der Waals surface area contributed by atoms with Gasteiger partial charge < -0.3 is 15.9 Å². The number of rotatable bonds is 2. The fraction of sp³-hybridized carbons (Fsp3) is 0.0526. The zero-order valence-electron chi connectivity index (χ0n) is 13.1. The van der Waals surface area contributed by atoms with Crippen LogP contribution >= 0.6 is 0 Å². The number of nitrogen functional groups attached to an aromatic ring is 1. The van der Waals surface area contributed by atoms with E-state index in [0.717, 1.165) is 11.1 Å². The van der Waals surface area contributed by atoms with Crippen LogP contribution in [0.5, 0.6) is 0 Å². The Morgan fingerprint density at radius 2 is 1.29 bits per heavy atom. The number of fused-ring (bicyclic) bond motifs is 1. The minimum Gasteiger partial charge on any atom is -0.478 e. The van der Waals surface area contributed by atoms with Crippen molar-refractivity contribution in [2.24, 2.45) is 0 Å². The van der Waals surface area contributed by atoms with Crippen LogP contribution in [0.2, 0.25) is 0 Å². The summed E-state index contributed by atoms with van der Waals surface area (Å²) in [6.07, 6.45) is 0. The van der Waals surface area contributed by atoms with Crippen molar-refractivity contribution in [3.63, 3.8) is 0 Å². The van der Waals surface area contributed by atoms with E-state index in [-0.39, 0.29) is 16.7 Å². The lowest BCUT2D eigenvalue weighted by molar-refractivity contribution is 0.0696. The van der Waals surface area contributed by atoms with Crippen LogP contribution in [0.25, 0.3) is 10.8 Å². The maximum absolute atomic E-state index is 10.6. The van der Waals surface area contributed by atoms with Gasteiger partial charge in [-0.05, 0) is 36.1 Å². The monoisotopic (exact) mass is 323 g/mol. The molecule has 0 fully saturated rings. The summed E-state index contributed by atoms with van der Waals surface area (Å²) in [5.74, 6) is -2.22. The minimum absolute atomic E-state index is 0.0277. The second-order valence-electron chi connectivity index (χ2n) is 5.16. The molecule has 3 aromatic carbocycles. The first kappa shape index (κ1) is 17.0. The van der Waals surface area contributed by atoms with E-state index in [4.69, 9.17) is 15.9 Å². The third kappa shape index (κ3) is 3.70. The quantitative estimate of drug-likeness (QED) is 0.623. The van der Waals surface area contributed by atoms with Gasteiger partial charge in [-0.1, -0.05) is 42.5 Å². The van der Waals surface area contributed by atoms with Gasteiger partial charge in [0.25, 0.3) is 0 Å². The van der Waals surface area contributed by atoms with E-state index in [1.165, 1.54) is 30.5 Å². The third-order valence-corrected chi connectivity index (χ3v) is 3.62. The number of hydrogen-bond donors (Lipinski definition) is 3. The molecule has 24 heavy (non-hydrogen) atoms. The van der Waals surface area contributed by atoms with Crippen molar-refractivity contribution < 1.29 is 19.8 Å². The second kappa shape index (κ2) is 7.28. The molecule has 5 heteroatoms. The SMILES string of the molecule is Cc1c(C(=O)O)cccc1C(=O)O.Nc1cccc2ccccc12. The van der Waals surface area contributed by atoms with E-state index in [9.17, 15) is 9.59 Å². The topological polar surface area (TPSA) is 101 Å². The van der Waals surface area contributed by atoms with Crippen molar-refractivity contribution in [3.05, 3.63) is 77.4 Å². The Labute approximate surface area is 139 Å². The van der Waals surface area contributed by atoms with E-state index in [2.05, 4.69) is 12.1 Å². The van der Waals surface area contributed by atoms with Crippen LogP contribution in [-0.4, -0.2) is 22.2 Å². The lowest BCUT2D eigenvalue weighted by Crippen LogP contribution is -2.06. The molecule has 0 heterocycles. The highest BCUT2D eigenvalue weighted by molar-refractivity contribution is 5.96.